The maximum atomic E-state index is 5.63. The Balaban J connectivity index is 2.06. The zero-order valence-corrected chi connectivity index (χ0v) is 13.9. The number of piperidine rings is 1. The second-order valence-electron chi connectivity index (χ2n) is 6.07. The highest BCUT2D eigenvalue weighted by Gasteiger charge is 2.32. The minimum atomic E-state index is 0.546. The normalized spacial score (nSPS) is 25.9. The lowest BCUT2D eigenvalue weighted by Crippen LogP contribution is -2.53. The molecule has 118 valence electrons. The van der Waals surface area contributed by atoms with Gasteiger partial charge in [0.15, 0.2) is 0 Å². The third-order valence-electron chi connectivity index (χ3n) is 4.69. The van der Waals surface area contributed by atoms with Crippen LogP contribution in [0.4, 0.5) is 5.69 Å². The molecule has 0 aromatic heterocycles. The SMILES string of the molecule is CCCNC1CCN(c2cccc(OCC)c2)C(C)C1C. The van der Waals surface area contributed by atoms with Crippen molar-refractivity contribution in [3.8, 4) is 5.75 Å². The summed E-state index contributed by atoms with van der Waals surface area (Å²) in [4.78, 5) is 2.53. The molecule has 0 radical (unpaired) electrons. The molecule has 0 bridgehead atoms. The third kappa shape index (κ3) is 3.91. The van der Waals surface area contributed by atoms with E-state index in [-0.39, 0.29) is 0 Å². The van der Waals surface area contributed by atoms with E-state index in [1.807, 2.05) is 13.0 Å². The first-order valence-electron chi connectivity index (χ1n) is 8.40. The van der Waals surface area contributed by atoms with Crippen LogP contribution in [0.3, 0.4) is 0 Å². The molecule has 1 aromatic carbocycles. The number of ether oxygens (including phenoxy) is 1. The third-order valence-corrected chi connectivity index (χ3v) is 4.69. The van der Waals surface area contributed by atoms with Gasteiger partial charge in [0.25, 0.3) is 0 Å². The second-order valence-corrected chi connectivity index (χ2v) is 6.07. The van der Waals surface area contributed by atoms with Gasteiger partial charge in [0.05, 0.1) is 6.61 Å². The van der Waals surface area contributed by atoms with Crippen molar-refractivity contribution < 1.29 is 4.74 Å². The number of rotatable bonds is 6. The number of nitrogens with zero attached hydrogens (tertiary/aromatic N) is 1. The van der Waals surface area contributed by atoms with Gasteiger partial charge in [-0.25, -0.2) is 0 Å². The molecule has 1 aromatic rings. The summed E-state index contributed by atoms with van der Waals surface area (Å²) in [7, 11) is 0. The molecule has 0 saturated carbocycles. The van der Waals surface area contributed by atoms with E-state index in [0.717, 1.165) is 25.4 Å². The van der Waals surface area contributed by atoms with Crippen molar-refractivity contribution in [2.24, 2.45) is 5.92 Å². The fourth-order valence-electron chi connectivity index (χ4n) is 3.27. The number of anilines is 1. The van der Waals surface area contributed by atoms with Crippen LogP contribution in [0.1, 0.15) is 40.5 Å². The van der Waals surface area contributed by atoms with Crippen LogP contribution in [0.2, 0.25) is 0 Å². The van der Waals surface area contributed by atoms with E-state index < -0.39 is 0 Å². The molecule has 1 aliphatic rings. The van der Waals surface area contributed by atoms with Gasteiger partial charge in [-0.15, -0.1) is 0 Å². The standard InChI is InChI=1S/C18H30N2O/c1-5-11-19-18-10-12-20(15(4)14(18)3)16-8-7-9-17(13-16)21-6-2/h7-9,13-15,18-19H,5-6,10-12H2,1-4H3. The minimum absolute atomic E-state index is 0.546. The fourth-order valence-corrected chi connectivity index (χ4v) is 3.27. The summed E-state index contributed by atoms with van der Waals surface area (Å²) in [6, 6.07) is 9.70. The molecule has 1 heterocycles. The van der Waals surface area contributed by atoms with Gasteiger partial charge in [0, 0.05) is 30.4 Å². The van der Waals surface area contributed by atoms with E-state index >= 15 is 0 Å². The summed E-state index contributed by atoms with van der Waals surface area (Å²) >= 11 is 0. The maximum absolute atomic E-state index is 5.63. The number of benzene rings is 1. The van der Waals surface area contributed by atoms with Crippen LogP contribution in [-0.4, -0.2) is 31.8 Å². The second kappa shape index (κ2) is 7.69. The zero-order valence-electron chi connectivity index (χ0n) is 13.9. The van der Waals surface area contributed by atoms with Crippen molar-refractivity contribution >= 4 is 5.69 Å². The van der Waals surface area contributed by atoms with Crippen LogP contribution >= 0.6 is 0 Å². The first-order chi connectivity index (χ1) is 10.2. The van der Waals surface area contributed by atoms with E-state index in [1.54, 1.807) is 0 Å². The average molecular weight is 290 g/mol. The lowest BCUT2D eigenvalue weighted by atomic mass is 9.86. The van der Waals surface area contributed by atoms with Gasteiger partial charge in [0.2, 0.25) is 0 Å². The number of hydrogen-bond donors (Lipinski definition) is 1. The molecule has 1 aliphatic heterocycles. The van der Waals surface area contributed by atoms with E-state index in [4.69, 9.17) is 4.74 Å². The lowest BCUT2D eigenvalue weighted by Gasteiger charge is -2.44. The maximum Gasteiger partial charge on any atom is 0.121 e. The molecule has 1 N–H and O–H groups in total. The van der Waals surface area contributed by atoms with Gasteiger partial charge in [-0.2, -0.15) is 0 Å². The highest BCUT2D eigenvalue weighted by atomic mass is 16.5. The van der Waals surface area contributed by atoms with Crippen LogP contribution in [-0.2, 0) is 0 Å². The Kier molecular flexibility index (Phi) is 5.92. The Bertz CT molecular complexity index is 435. The van der Waals surface area contributed by atoms with Gasteiger partial charge in [-0.3, -0.25) is 0 Å². The molecule has 3 atom stereocenters. The molecule has 1 saturated heterocycles. The Hall–Kier alpha value is -1.22. The van der Waals surface area contributed by atoms with Gasteiger partial charge >= 0.3 is 0 Å². The molecule has 3 unspecified atom stereocenters. The quantitative estimate of drug-likeness (QED) is 0.865. The van der Waals surface area contributed by atoms with E-state index in [1.165, 1.54) is 18.5 Å². The van der Waals surface area contributed by atoms with Gasteiger partial charge in [0.1, 0.15) is 5.75 Å². The summed E-state index contributed by atoms with van der Waals surface area (Å²) in [5.74, 6) is 1.63. The summed E-state index contributed by atoms with van der Waals surface area (Å²) in [6.45, 7) is 11.9. The largest absolute Gasteiger partial charge is 0.494 e. The van der Waals surface area contributed by atoms with Crippen LogP contribution in [0, 0.1) is 5.92 Å². The van der Waals surface area contributed by atoms with Crippen molar-refractivity contribution in [3.63, 3.8) is 0 Å². The summed E-state index contributed by atoms with van der Waals surface area (Å²) in [5, 5.41) is 3.70. The Morgan fingerprint density at radius 2 is 2.10 bits per heavy atom. The topological polar surface area (TPSA) is 24.5 Å². The summed E-state index contributed by atoms with van der Waals surface area (Å²) in [5.41, 5.74) is 1.29. The smallest absolute Gasteiger partial charge is 0.121 e. The van der Waals surface area contributed by atoms with Crippen molar-refractivity contribution in [2.75, 3.05) is 24.6 Å². The predicted octanol–water partition coefficient (Wildman–Crippen LogP) is 3.69. The van der Waals surface area contributed by atoms with Crippen LogP contribution in [0.5, 0.6) is 5.75 Å². The first kappa shape index (κ1) is 16.2. The monoisotopic (exact) mass is 290 g/mol. The zero-order chi connectivity index (χ0) is 15.2. The minimum Gasteiger partial charge on any atom is -0.494 e. The molecule has 0 spiro atoms. The fraction of sp³-hybridized carbons (Fsp3) is 0.667. The van der Waals surface area contributed by atoms with E-state index in [9.17, 15) is 0 Å². The van der Waals surface area contributed by atoms with Crippen molar-refractivity contribution in [1.29, 1.82) is 0 Å². The Labute approximate surface area is 129 Å². The van der Waals surface area contributed by atoms with Crippen LogP contribution in [0.15, 0.2) is 24.3 Å². The highest BCUT2D eigenvalue weighted by Crippen LogP contribution is 2.30. The molecule has 21 heavy (non-hydrogen) atoms. The molecule has 3 nitrogen and oxygen atoms in total. The van der Waals surface area contributed by atoms with Crippen molar-refractivity contribution in [1.82, 2.24) is 5.32 Å². The molecular weight excluding hydrogens is 260 g/mol. The molecule has 0 aliphatic carbocycles. The molecule has 2 rings (SSSR count). The van der Waals surface area contributed by atoms with E-state index in [2.05, 4.69) is 49.2 Å². The first-order valence-corrected chi connectivity index (χ1v) is 8.40. The van der Waals surface area contributed by atoms with Crippen molar-refractivity contribution in [2.45, 2.75) is 52.6 Å². The average Bonchev–Trinajstić information content (AvgIpc) is 2.49. The summed E-state index contributed by atoms with van der Waals surface area (Å²) < 4.78 is 5.63. The van der Waals surface area contributed by atoms with Gasteiger partial charge in [-0.1, -0.05) is 19.9 Å². The van der Waals surface area contributed by atoms with Crippen molar-refractivity contribution in [3.05, 3.63) is 24.3 Å². The molecule has 3 heteroatoms. The van der Waals surface area contributed by atoms with Crippen LogP contribution in [0.25, 0.3) is 0 Å². The van der Waals surface area contributed by atoms with Gasteiger partial charge < -0.3 is 15.0 Å². The molecular formula is C18H30N2O. The highest BCUT2D eigenvalue weighted by molar-refractivity contribution is 5.52. The molecule has 1 fully saturated rings. The number of nitrogens with one attached hydrogen (secondary N) is 1. The van der Waals surface area contributed by atoms with Gasteiger partial charge in [-0.05, 0) is 51.3 Å². The number of hydrogen-bond acceptors (Lipinski definition) is 3. The Morgan fingerprint density at radius 3 is 2.81 bits per heavy atom. The van der Waals surface area contributed by atoms with E-state index in [0.29, 0.717) is 18.0 Å². The molecule has 0 amide bonds. The van der Waals surface area contributed by atoms with Crippen LogP contribution < -0.4 is 15.0 Å². The lowest BCUT2D eigenvalue weighted by molar-refractivity contribution is 0.271. The predicted molar refractivity (Wildman–Crippen MR) is 90.3 cm³/mol. The Morgan fingerprint density at radius 1 is 1.29 bits per heavy atom. The summed E-state index contributed by atoms with van der Waals surface area (Å²) in [6.07, 6.45) is 2.42.